The molecule has 0 radical (unpaired) electrons. The molecule has 21 heavy (non-hydrogen) atoms. The van der Waals surface area contributed by atoms with Crippen LogP contribution in [0.1, 0.15) is 19.3 Å². The number of para-hydroxylation sites is 1. The zero-order chi connectivity index (χ0) is 14.7. The lowest BCUT2D eigenvalue weighted by molar-refractivity contribution is -0.125. The Bertz CT molecular complexity index is 514. The van der Waals surface area contributed by atoms with Gasteiger partial charge in [-0.1, -0.05) is 18.2 Å². The zero-order valence-corrected chi connectivity index (χ0v) is 12.0. The minimum Gasteiger partial charge on any atom is -0.343 e. The quantitative estimate of drug-likeness (QED) is 0.817. The van der Waals surface area contributed by atoms with E-state index in [1.165, 1.54) is 12.8 Å². The van der Waals surface area contributed by atoms with Crippen molar-refractivity contribution in [3.63, 3.8) is 0 Å². The topological polar surface area (TPSA) is 61.4 Å². The Morgan fingerprint density at radius 3 is 2.67 bits per heavy atom. The average molecular weight is 287 g/mol. The third kappa shape index (κ3) is 3.61. The summed E-state index contributed by atoms with van der Waals surface area (Å²) in [5.74, 6) is 0.639. The molecular weight excluding hydrogens is 266 g/mol. The predicted octanol–water partition coefficient (Wildman–Crippen LogP) is 0.908. The van der Waals surface area contributed by atoms with Gasteiger partial charge >= 0.3 is 0 Å². The molecule has 1 aromatic rings. The first kappa shape index (κ1) is 14.1. The highest BCUT2D eigenvalue weighted by atomic mass is 16.2. The largest absolute Gasteiger partial charge is 0.343 e. The molecule has 5 nitrogen and oxygen atoms in total. The van der Waals surface area contributed by atoms with E-state index in [0.29, 0.717) is 19.5 Å². The second kappa shape index (κ2) is 6.26. The summed E-state index contributed by atoms with van der Waals surface area (Å²) in [7, 11) is 0. The summed E-state index contributed by atoms with van der Waals surface area (Å²) < 4.78 is 0. The van der Waals surface area contributed by atoms with Gasteiger partial charge in [0, 0.05) is 12.2 Å². The van der Waals surface area contributed by atoms with Crippen molar-refractivity contribution in [1.29, 1.82) is 0 Å². The van der Waals surface area contributed by atoms with Gasteiger partial charge in [0.05, 0.1) is 6.54 Å². The Hall–Kier alpha value is -1.88. The first-order valence-electron chi connectivity index (χ1n) is 7.60. The van der Waals surface area contributed by atoms with E-state index in [-0.39, 0.29) is 17.9 Å². The van der Waals surface area contributed by atoms with Gasteiger partial charge in [0.2, 0.25) is 11.8 Å². The minimum atomic E-state index is -0.388. The molecule has 0 bridgehead atoms. The van der Waals surface area contributed by atoms with Crippen LogP contribution in [0.4, 0.5) is 5.69 Å². The summed E-state index contributed by atoms with van der Waals surface area (Å²) in [5.41, 5.74) is 0.895. The van der Waals surface area contributed by atoms with Crippen LogP contribution in [-0.2, 0) is 9.59 Å². The summed E-state index contributed by atoms with van der Waals surface area (Å²) in [4.78, 5) is 25.9. The fraction of sp³-hybridized carbons (Fsp3) is 0.500. The Kier molecular flexibility index (Phi) is 4.20. The van der Waals surface area contributed by atoms with E-state index in [1.807, 2.05) is 30.3 Å². The van der Waals surface area contributed by atoms with Crippen molar-refractivity contribution in [2.45, 2.75) is 25.3 Å². The van der Waals surface area contributed by atoms with E-state index in [4.69, 9.17) is 0 Å². The lowest BCUT2D eigenvalue weighted by Gasteiger charge is -2.17. The molecule has 2 aliphatic rings. The Labute approximate surface area is 124 Å². The van der Waals surface area contributed by atoms with E-state index in [2.05, 4.69) is 10.6 Å². The van der Waals surface area contributed by atoms with Crippen LogP contribution in [0, 0.1) is 5.92 Å². The van der Waals surface area contributed by atoms with Gasteiger partial charge < -0.3 is 15.5 Å². The number of benzene rings is 1. The van der Waals surface area contributed by atoms with Gasteiger partial charge in [-0.05, 0) is 43.9 Å². The second-order valence-electron chi connectivity index (χ2n) is 5.81. The molecule has 3 rings (SSSR count). The van der Waals surface area contributed by atoms with Crippen LogP contribution >= 0.6 is 0 Å². The highest BCUT2D eigenvalue weighted by Crippen LogP contribution is 2.27. The van der Waals surface area contributed by atoms with Crippen molar-refractivity contribution in [3.05, 3.63) is 30.3 Å². The lowest BCUT2D eigenvalue weighted by atomic mass is 10.2. The maximum Gasteiger partial charge on any atom is 0.249 e. The third-order valence-electron chi connectivity index (χ3n) is 4.02. The molecule has 5 heteroatoms. The Morgan fingerprint density at radius 1 is 1.19 bits per heavy atom. The van der Waals surface area contributed by atoms with Crippen LogP contribution in [0.2, 0.25) is 0 Å². The van der Waals surface area contributed by atoms with E-state index in [9.17, 15) is 9.59 Å². The van der Waals surface area contributed by atoms with Crippen molar-refractivity contribution in [3.8, 4) is 0 Å². The number of hydrogen-bond acceptors (Lipinski definition) is 3. The van der Waals surface area contributed by atoms with Gasteiger partial charge in [-0.3, -0.25) is 9.59 Å². The molecule has 1 saturated carbocycles. The zero-order valence-electron chi connectivity index (χ0n) is 12.0. The highest BCUT2D eigenvalue weighted by Gasteiger charge is 2.33. The number of anilines is 1. The number of rotatable bonds is 6. The molecule has 1 saturated heterocycles. The van der Waals surface area contributed by atoms with Gasteiger partial charge in [-0.15, -0.1) is 0 Å². The van der Waals surface area contributed by atoms with Gasteiger partial charge in [0.15, 0.2) is 0 Å². The van der Waals surface area contributed by atoms with Crippen LogP contribution in [0.3, 0.4) is 0 Å². The maximum atomic E-state index is 12.3. The summed E-state index contributed by atoms with van der Waals surface area (Å²) in [6.45, 7) is 1.86. The molecular formula is C16H21N3O2. The molecule has 1 aliphatic carbocycles. The van der Waals surface area contributed by atoms with Crippen molar-refractivity contribution in [2.24, 2.45) is 5.92 Å². The number of carbonyl (C=O) groups excluding carboxylic acids is 2. The highest BCUT2D eigenvalue weighted by molar-refractivity contribution is 6.01. The first-order valence-corrected chi connectivity index (χ1v) is 7.60. The average Bonchev–Trinajstić information content (AvgIpc) is 3.25. The molecule has 2 N–H and O–H groups in total. The number of carbonyl (C=O) groups is 2. The van der Waals surface area contributed by atoms with E-state index < -0.39 is 0 Å². The molecule has 0 spiro atoms. The SMILES string of the molecule is O=C(CNCC1CC1)NC1CCN(c2ccccc2)C1=O. The molecule has 1 aromatic carbocycles. The standard InChI is InChI=1S/C16H21N3O2/c20-15(11-17-10-12-6-7-12)18-14-8-9-19(16(14)21)13-4-2-1-3-5-13/h1-5,12,14,17H,6-11H2,(H,18,20). The second-order valence-corrected chi connectivity index (χ2v) is 5.81. The van der Waals surface area contributed by atoms with Crippen LogP contribution in [0.15, 0.2) is 30.3 Å². The van der Waals surface area contributed by atoms with Crippen LogP contribution in [0.5, 0.6) is 0 Å². The van der Waals surface area contributed by atoms with Gasteiger partial charge in [0.25, 0.3) is 0 Å². The van der Waals surface area contributed by atoms with Crippen molar-refractivity contribution in [2.75, 3.05) is 24.5 Å². The summed E-state index contributed by atoms with van der Waals surface area (Å²) >= 11 is 0. The summed E-state index contributed by atoms with van der Waals surface area (Å²) in [6, 6.07) is 9.19. The minimum absolute atomic E-state index is 0.0169. The third-order valence-corrected chi connectivity index (χ3v) is 4.02. The maximum absolute atomic E-state index is 12.3. The normalized spacial score (nSPS) is 21.6. The Balaban J connectivity index is 1.48. The van der Waals surface area contributed by atoms with Crippen molar-refractivity contribution in [1.82, 2.24) is 10.6 Å². The monoisotopic (exact) mass is 287 g/mol. The fourth-order valence-electron chi connectivity index (χ4n) is 2.64. The van der Waals surface area contributed by atoms with E-state index in [0.717, 1.165) is 18.2 Å². The molecule has 1 unspecified atom stereocenters. The number of nitrogens with one attached hydrogen (secondary N) is 2. The number of hydrogen-bond donors (Lipinski definition) is 2. The fourth-order valence-corrected chi connectivity index (χ4v) is 2.64. The van der Waals surface area contributed by atoms with Crippen molar-refractivity contribution < 1.29 is 9.59 Å². The first-order chi connectivity index (χ1) is 10.2. The molecule has 2 amide bonds. The number of nitrogens with zero attached hydrogens (tertiary/aromatic N) is 1. The summed E-state index contributed by atoms with van der Waals surface area (Å²) in [6.07, 6.45) is 3.20. The molecule has 1 aliphatic heterocycles. The number of amides is 2. The molecule has 0 aromatic heterocycles. The predicted molar refractivity (Wildman–Crippen MR) is 80.9 cm³/mol. The van der Waals surface area contributed by atoms with Crippen LogP contribution in [-0.4, -0.2) is 37.5 Å². The van der Waals surface area contributed by atoms with Gasteiger partial charge in [-0.25, -0.2) is 0 Å². The molecule has 1 atom stereocenters. The van der Waals surface area contributed by atoms with Gasteiger partial charge in [0.1, 0.15) is 6.04 Å². The van der Waals surface area contributed by atoms with Crippen molar-refractivity contribution >= 4 is 17.5 Å². The van der Waals surface area contributed by atoms with Crippen LogP contribution in [0.25, 0.3) is 0 Å². The van der Waals surface area contributed by atoms with Gasteiger partial charge in [-0.2, -0.15) is 0 Å². The smallest absolute Gasteiger partial charge is 0.249 e. The molecule has 112 valence electrons. The van der Waals surface area contributed by atoms with E-state index in [1.54, 1.807) is 4.90 Å². The Morgan fingerprint density at radius 2 is 1.95 bits per heavy atom. The van der Waals surface area contributed by atoms with E-state index >= 15 is 0 Å². The lowest BCUT2D eigenvalue weighted by Crippen LogP contribution is -2.45. The molecule has 1 heterocycles. The molecule has 2 fully saturated rings. The summed E-state index contributed by atoms with van der Waals surface area (Å²) in [5, 5.41) is 5.97. The van der Waals surface area contributed by atoms with Crippen LogP contribution < -0.4 is 15.5 Å².